The molecule has 3 heterocycles. The predicted molar refractivity (Wildman–Crippen MR) is 87.0 cm³/mol. The molecule has 1 fully saturated rings. The van der Waals surface area contributed by atoms with E-state index in [9.17, 15) is 0 Å². The van der Waals surface area contributed by atoms with E-state index in [0.717, 1.165) is 50.5 Å². The van der Waals surface area contributed by atoms with Gasteiger partial charge in [-0.05, 0) is 25.3 Å². The maximum Gasteiger partial charge on any atom is 0.240 e. The van der Waals surface area contributed by atoms with Gasteiger partial charge in [-0.25, -0.2) is 0 Å². The Kier molecular flexibility index (Phi) is 5.57. The van der Waals surface area contributed by atoms with Crippen LogP contribution in [0.25, 0.3) is 0 Å². The average Bonchev–Trinajstić information content (AvgIpc) is 3.14. The highest BCUT2D eigenvalue weighted by Crippen LogP contribution is 2.13. The van der Waals surface area contributed by atoms with Crippen molar-refractivity contribution in [1.29, 1.82) is 0 Å². The second kappa shape index (κ2) is 7.85. The van der Waals surface area contributed by atoms with Gasteiger partial charge in [0.15, 0.2) is 11.6 Å². The van der Waals surface area contributed by atoms with E-state index in [1.807, 2.05) is 6.92 Å². The Hall–Kier alpha value is -1.80. The molecule has 8 heteroatoms. The molecule has 0 unspecified atom stereocenters. The minimum atomic E-state index is 0.409. The highest BCUT2D eigenvalue weighted by Gasteiger charge is 2.21. The molecule has 0 aliphatic carbocycles. The number of nitrogens with one attached hydrogen (secondary N) is 1. The minimum Gasteiger partial charge on any atom is -0.340 e. The number of hydrogen-bond donors (Lipinski definition) is 1. The van der Waals surface area contributed by atoms with Gasteiger partial charge in [0.1, 0.15) is 0 Å². The van der Waals surface area contributed by atoms with Crippen molar-refractivity contribution in [3.05, 3.63) is 23.4 Å². The van der Waals surface area contributed by atoms with Crippen LogP contribution in [0, 0.1) is 12.8 Å². The lowest BCUT2D eigenvalue weighted by molar-refractivity contribution is 0.174. The third-order valence-corrected chi connectivity index (χ3v) is 4.08. The van der Waals surface area contributed by atoms with Crippen LogP contribution in [-0.4, -0.2) is 44.3 Å². The standard InChI is InChI=1S/C16H26N6O2/c1-11(2)7-14-19-16(24-20-14)8-17-13-5-4-6-22(9-13)10-15-18-12(3)23-21-15/h11,13,17H,4-10H2,1-3H3/t13-/m0/s1. The number of aryl methyl sites for hydroxylation is 1. The second-order valence-electron chi connectivity index (χ2n) is 6.89. The molecular weight excluding hydrogens is 308 g/mol. The lowest BCUT2D eigenvalue weighted by Crippen LogP contribution is -2.45. The normalized spacial score (nSPS) is 19.2. The molecule has 0 saturated carbocycles. The first-order valence-electron chi connectivity index (χ1n) is 8.65. The predicted octanol–water partition coefficient (Wildman–Crippen LogP) is 1.71. The van der Waals surface area contributed by atoms with Gasteiger partial charge in [-0.15, -0.1) is 0 Å². The van der Waals surface area contributed by atoms with Crippen molar-refractivity contribution in [2.75, 3.05) is 13.1 Å². The van der Waals surface area contributed by atoms with Gasteiger partial charge in [-0.3, -0.25) is 4.90 Å². The van der Waals surface area contributed by atoms with E-state index in [1.54, 1.807) is 0 Å². The van der Waals surface area contributed by atoms with Gasteiger partial charge in [0.25, 0.3) is 0 Å². The Morgan fingerprint density at radius 3 is 2.79 bits per heavy atom. The molecule has 3 rings (SSSR count). The molecule has 1 aliphatic heterocycles. The Morgan fingerprint density at radius 1 is 1.21 bits per heavy atom. The molecule has 0 spiro atoms. The zero-order valence-electron chi connectivity index (χ0n) is 14.7. The summed E-state index contributed by atoms with van der Waals surface area (Å²) >= 11 is 0. The monoisotopic (exact) mass is 334 g/mol. The van der Waals surface area contributed by atoms with Gasteiger partial charge in [0.2, 0.25) is 11.8 Å². The molecule has 8 nitrogen and oxygen atoms in total. The largest absolute Gasteiger partial charge is 0.340 e. The van der Waals surface area contributed by atoms with Crippen molar-refractivity contribution >= 4 is 0 Å². The van der Waals surface area contributed by atoms with Crippen LogP contribution in [0.15, 0.2) is 9.05 Å². The molecule has 2 aromatic rings. The molecule has 0 aromatic carbocycles. The molecule has 1 N–H and O–H groups in total. The Labute approximate surface area is 142 Å². The third-order valence-electron chi connectivity index (χ3n) is 4.08. The zero-order chi connectivity index (χ0) is 16.9. The fraction of sp³-hybridized carbons (Fsp3) is 0.750. The molecule has 1 saturated heterocycles. The van der Waals surface area contributed by atoms with Crippen LogP contribution in [0.1, 0.15) is 50.1 Å². The summed E-state index contributed by atoms with van der Waals surface area (Å²) in [5.41, 5.74) is 0. The van der Waals surface area contributed by atoms with E-state index in [4.69, 9.17) is 9.05 Å². The molecule has 1 atom stereocenters. The molecular formula is C16H26N6O2. The lowest BCUT2D eigenvalue weighted by Gasteiger charge is -2.32. The molecule has 0 bridgehead atoms. The summed E-state index contributed by atoms with van der Waals surface area (Å²) in [6.07, 6.45) is 3.15. The fourth-order valence-corrected chi connectivity index (χ4v) is 3.01. The van der Waals surface area contributed by atoms with Crippen LogP contribution in [0.2, 0.25) is 0 Å². The highest BCUT2D eigenvalue weighted by atomic mass is 16.5. The van der Waals surface area contributed by atoms with Crippen LogP contribution in [-0.2, 0) is 19.5 Å². The first kappa shape index (κ1) is 17.0. The van der Waals surface area contributed by atoms with Crippen molar-refractivity contribution in [3.8, 4) is 0 Å². The zero-order valence-corrected chi connectivity index (χ0v) is 14.7. The minimum absolute atomic E-state index is 0.409. The second-order valence-corrected chi connectivity index (χ2v) is 6.89. The maximum absolute atomic E-state index is 5.31. The SMILES string of the molecule is Cc1nc(CN2CCC[C@H](NCc3nc(CC(C)C)no3)C2)no1. The fourth-order valence-electron chi connectivity index (χ4n) is 3.01. The molecule has 1 aliphatic rings. The van der Waals surface area contributed by atoms with E-state index < -0.39 is 0 Å². The number of piperidine rings is 1. The maximum atomic E-state index is 5.31. The summed E-state index contributed by atoms with van der Waals surface area (Å²) in [5, 5.41) is 11.5. The van der Waals surface area contributed by atoms with Crippen molar-refractivity contribution in [2.24, 2.45) is 5.92 Å². The molecule has 0 amide bonds. The van der Waals surface area contributed by atoms with E-state index >= 15 is 0 Å². The van der Waals surface area contributed by atoms with Crippen LogP contribution in [0.5, 0.6) is 0 Å². The van der Waals surface area contributed by atoms with Crippen molar-refractivity contribution in [2.45, 2.75) is 59.2 Å². The number of aromatic nitrogens is 4. The summed E-state index contributed by atoms with van der Waals surface area (Å²) in [5.74, 6) is 3.36. The Balaban J connectivity index is 1.46. The number of hydrogen-bond acceptors (Lipinski definition) is 8. The number of nitrogens with zero attached hydrogens (tertiary/aromatic N) is 5. The first-order chi connectivity index (χ1) is 11.6. The van der Waals surface area contributed by atoms with Crippen molar-refractivity contribution in [3.63, 3.8) is 0 Å². The first-order valence-corrected chi connectivity index (χ1v) is 8.65. The summed E-state index contributed by atoms with van der Waals surface area (Å²) in [4.78, 5) is 11.1. The van der Waals surface area contributed by atoms with Gasteiger partial charge < -0.3 is 14.4 Å². The molecule has 2 aromatic heterocycles. The van der Waals surface area contributed by atoms with Gasteiger partial charge in [-0.1, -0.05) is 24.2 Å². The van der Waals surface area contributed by atoms with Crippen LogP contribution >= 0.6 is 0 Å². The van der Waals surface area contributed by atoms with Gasteiger partial charge in [0.05, 0.1) is 13.1 Å². The molecule has 132 valence electrons. The van der Waals surface area contributed by atoms with Crippen molar-refractivity contribution in [1.82, 2.24) is 30.5 Å². The quantitative estimate of drug-likeness (QED) is 0.818. The lowest BCUT2D eigenvalue weighted by atomic mass is 10.1. The number of rotatable bonds is 7. The Bertz CT molecular complexity index is 638. The van der Waals surface area contributed by atoms with E-state index in [-0.39, 0.29) is 0 Å². The molecule has 0 radical (unpaired) electrons. The topological polar surface area (TPSA) is 93.1 Å². The van der Waals surface area contributed by atoms with Crippen LogP contribution in [0.3, 0.4) is 0 Å². The Morgan fingerprint density at radius 2 is 2.04 bits per heavy atom. The van der Waals surface area contributed by atoms with Crippen LogP contribution < -0.4 is 5.32 Å². The number of likely N-dealkylation sites (tertiary alicyclic amines) is 1. The smallest absolute Gasteiger partial charge is 0.240 e. The van der Waals surface area contributed by atoms with Crippen molar-refractivity contribution < 1.29 is 9.05 Å². The van der Waals surface area contributed by atoms with Gasteiger partial charge in [0, 0.05) is 25.9 Å². The van der Waals surface area contributed by atoms with Crippen LogP contribution in [0.4, 0.5) is 0 Å². The summed E-state index contributed by atoms with van der Waals surface area (Å²) < 4.78 is 10.3. The molecule has 24 heavy (non-hydrogen) atoms. The average molecular weight is 334 g/mol. The van der Waals surface area contributed by atoms with E-state index in [2.05, 4.69) is 44.3 Å². The summed E-state index contributed by atoms with van der Waals surface area (Å²) in [6.45, 7) is 9.48. The van der Waals surface area contributed by atoms with Gasteiger partial charge in [-0.2, -0.15) is 9.97 Å². The summed E-state index contributed by atoms with van der Waals surface area (Å²) in [7, 11) is 0. The summed E-state index contributed by atoms with van der Waals surface area (Å²) in [6, 6.07) is 0.409. The third kappa shape index (κ3) is 4.85. The van der Waals surface area contributed by atoms with Gasteiger partial charge >= 0.3 is 0 Å². The van der Waals surface area contributed by atoms with E-state index in [1.165, 1.54) is 0 Å². The van der Waals surface area contributed by atoms with E-state index in [0.29, 0.717) is 30.3 Å². The highest BCUT2D eigenvalue weighted by molar-refractivity contribution is 4.90.